The van der Waals surface area contributed by atoms with Crippen LogP contribution in [0.15, 0.2) is 21.7 Å². The number of nitrogens with one attached hydrogen (secondary N) is 1. The molecule has 0 saturated heterocycles. The number of amides is 1. The Bertz CT molecular complexity index is 861. The van der Waals surface area contributed by atoms with Gasteiger partial charge < -0.3 is 4.52 Å². The smallest absolute Gasteiger partial charge is 0.237 e. The van der Waals surface area contributed by atoms with Crippen LogP contribution >= 0.6 is 11.8 Å². The number of anilines is 1. The third-order valence-electron chi connectivity index (χ3n) is 4.27. The van der Waals surface area contributed by atoms with Crippen molar-refractivity contribution in [1.82, 2.24) is 10.1 Å². The minimum Gasteiger partial charge on any atom is -0.338 e. The number of thioether (sulfide) groups is 1. The normalized spacial score (nSPS) is 13.8. The molecule has 1 amide bonds. The predicted octanol–water partition coefficient (Wildman–Crippen LogP) is 3.85. The van der Waals surface area contributed by atoms with Gasteiger partial charge in [0.15, 0.2) is 0 Å². The van der Waals surface area contributed by atoms with Gasteiger partial charge in [-0.2, -0.15) is 5.26 Å². The lowest BCUT2D eigenvalue weighted by molar-refractivity contribution is -0.113. The van der Waals surface area contributed by atoms with E-state index >= 15 is 0 Å². The van der Waals surface area contributed by atoms with Crippen molar-refractivity contribution in [2.75, 3.05) is 11.1 Å². The van der Waals surface area contributed by atoms with E-state index in [0.717, 1.165) is 42.6 Å². The topological polar surface area (TPSA) is 91.8 Å². The van der Waals surface area contributed by atoms with E-state index in [1.807, 2.05) is 26.8 Å². The zero-order valence-electron chi connectivity index (χ0n) is 15.3. The van der Waals surface area contributed by atoms with Crippen LogP contribution < -0.4 is 5.32 Å². The Hall–Kier alpha value is -2.33. The van der Waals surface area contributed by atoms with E-state index in [9.17, 15) is 10.1 Å². The van der Waals surface area contributed by atoms with E-state index < -0.39 is 0 Å². The van der Waals surface area contributed by atoms with E-state index in [-0.39, 0.29) is 17.1 Å². The third kappa shape index (κ3) is 4.25. The molecule has 2 aromatic rings. The first-order chi connectivity index (χ1) is 12.4. The molecule has 26 heavy (non-hydrogen) atoms. The maximum Gasteiger partial charge on any atom is 0.237 e. The summed E-state index contributed by atoms with van der Waals surface area (Å²) in [6, 6.07) is 5.86. The van der Waals surface area contributed by atoms with Crippen LogP contribution in [0.5, 0.6) is 0 Å². The second-order valence-electron chi connectivity index (χ2n) is 7.43. The Morgan fingerprint density at radius 1 is 1.35 bits per heavy atom. The van der Waals surface area contributed by atoms with Gasteiger partial charge >= 0.3 is 0 Å². The number of hydrogen-bond donors (Lipinski definition) is 1. The van der Waals surface area contributed by atoms with Crippen LogP contribution in [0.4, 0.5) is 5.88 Å². The van der Waals surface area contributed by atoms with Crippen molar-refractivity contribution in [2.24, 2.45) is 0 Å². The Morgan fingerprint density at radius 2 is 2.12 bits per heavy atom. The summed E-state index contributed by atoms with van der Waals surface area (Å²) in [5.74, 6) is 0.279. The molecule has 0 unspecified atom stereocenters. The van der Waals surface area contributed by atoms with Crippen LogP contribution in [0.2, 0.25) is 0 Å². The van der Waals surface area contributed by atoms with E-state index in [1.165, 1.54) is 11.8 Å². The fraction of sp³-hybridized carbons (Fsp3) is 0.474. The van der Waals surface area contributed by atoms with Crippen LogP contribution in [0.1, 0.15) is 56.1 Å². The molecule has 0 saturated carbocycles. The summed E-state index contributed by atoms with van der Waals surface area (Å²) >= 11 is 1.28. The highest BCUT2D eigenvalue weighted by Crippen LogP contribution is 2.28. The summed E-state index contributed by atoms with van der Waals surface area (Å²) in [6.07, 6.45) is 4.18. The largest absolute Gasteiger partial charge is 0.338 e. The molecule has 1 aliphatic rings. The lowest BCUT2D eigenvalue weighted by Gasteiger charge is -2.16. The second kappa shape index (κ2) is 7.50. The SMILES string of the molecule is CC(C)(C)c1cc(NC(=O)CSc2nc3c(cc2C#N)CCCC3)on1. The van der Waals surface area contributed by atoms with Crippen molar-refractivity contribution in [3.8, 4) is 6.07 Å². The Labute approximate surface area is 157 Å². The van der Waals surface area contributed by atoms with E-state index in [1.54, 1.807) is 6.07 Å². The van der Waals surface area contributed by atoms with Crippen molar-refractivity contribution in [3.63, 3.8) is 0 Å². The van der Waals surface area contributed by atoms with Crippen molar-refractivity contribution >= 4 is 23.6 Å². The van der Waals surface area contributed by atoms with Gasteiger partial charge in [0.2, 0.25) is 11.8 Å². The summed E-state index contributed by atoms with van der Waals surface area (Å²) in [5.41, 5.74) is 3.40. The molecule has 3 rings (SSSR count). The predicted molar refractivity (Wildman–Crippen MR) is 100 cm³/mol. The number of nitriles is 1. The first-order valence-electron chi connectivity index (χ1n) is 8.69. The number of nitrogens with zero attached hydrogens (tertiary/aromatic N) is 3. The average molecular weight is 370 g/mol. The van der Waals surface area contributed by atoms with E-state index in [4.69, 9.17) is 4.52 Å². The van der Waals surface area contributed by atoms with Gasteiger partial charge in [0.25, 0.3) is 0 Å². The number of aromatic nitrogens is 2. The monoisotopic (exact) mass is 370 g/mol. The van der Waals surface area contributed by atoms with Gasteiger partial charge in [-0.25, -0.2) is 4.98 Å². The number of carbonyl (C=O) groups is 1. The Kier molecular flexibility index (Phi) is 5.33. The zero-order valence-corrected chi connectivity index (χ0v) is 16.1. The molecule has 2 heterocycles. The van der Waals surface area contributed by atoms with Gasteiger partial charge in [-0.15, -0.1) is 0 Å². The van der Waals surface area contributed by atoms with E-state index in [0.29, 0.717) is 16.5 Å². The summed E-state index contributed by atoms with van der Waals surface area (Å²) in [7, 11) is 0. The number of pyridine rings is 1. The molecule has 0 bridgehead atoms. The Morgan fingerprint density at radius 3 is 2.81 bits per heavy atom. The molecule has 0 aromatic carbocycles. The second-order valence-corrected chi connectivity index (χ2v) is 8.39. The van der Waals surface area contributed by atoms with Gasteiger partial charge in [-0.1, -0.05) is 37.7 Å². The molecule has 0 spiro atoms. The highest BCUT2D eigenvalue weighted by Gasteiger charge is 2.20. The summed E-state index contributed by atoms with van der Waals surface area (Å²) in [6.45, 7) is 6.08. The van der Waals surface area contributed by atoms with Crippen molar-refractivity contribution in [1.29, 1.82) is 5.26 Å². The van der Waals surface area contributed by atoms with Crippen molar-refractivity contribution < 1.29 is 9.32 Å². The summed E-state index contributed by atoms with van der Waals surface area (Å²) < 4.78 is 5.17. The molecule has 0 radical (unpaired) electrons. The first-order valence-corrected chi connectivity index (χ1v) is 9.68. The molecule has 0 aliphatic heterocycles. The van der Waals surface area contributed by atoms with Crippen LogP contribution in [0.25, 0.3) is 0 Å². The molecule has 1 aliphatic carbocycles. The van der Waals surface area contributed by atoms with Gasteiger partial charge in [0.05, 0.1) is 17.0 Å². The fourth-order valence-electron chi connectivity index (χ4n) is 2.80. The summed E-state index contributed by atoms with van der Waals surface area (Å²) in [4.78, 5) is 16.8. The lowest BCUT2D eigenvalue weighted by atomic mass is 9.92. The van der Waals surface area contributed by atoms with Crippen LogP contribution in [-0.4, -0.2) is 21.8 Å². The minimum absolute atomic E-state index is 0.143. The molecule has 2 aromatic heterocycles. The zero-order chi connectivity index (χ0) is 18.7. The number of hydrogen-bond acceptors (Lipinski definition) is 6. The van der Waals surface area contributed by atoms with Crippen molar-refractivity contribution in [2.45, 2.75) is 56.9 Å². The van der Waals surface area contributed by atoms with E-state index in [2.05, 4.69) is 21.5 Å². The molecule has 1 N–H and O–H groups in total. The fourth-order valence-corrected chi connectivity index (χ4v) is 3.57. The molecule has 136 valence electrons. The molecular weight excluding hydrogens is 348 g/mol. The Balaban J connectivity index is 1.64. The van der Waals surface area contributed by atoms with Crippen LogP contribution in [0.3, 0.4) is 0 Å². The molecule has 0 atom stereocenters. The number of carbonyl (C=O) groups excluding carboxylic acids is 1. The van der Waals surface area contributed by atoms with Gasteiger partial charge in [0, 0.05) is 17.2 Å². The maximum atomic E-state index is 12.2. The highest BCUT2D eigenvalue weighted by molar-refractivity contribution is 8.00. The standard InChI is InChI=1S/C19H22N4O2S/c1-19(2,3)15-9-17(25-23-15)22-16(24)11-26-18-13(10-20)8-12-6-4-5-7-14(12)21-18/h8-9H,4-7,11H2,1-3H3,(H,22,24). The van der Waals surface area contributed by atoms with Gasteiger partial charge in [0.1, 0.15) is 11.1 Å². The molecule has 6 nitrogen and oxygen atoms in total. The highest BCUT2D eigenvalue weighted by atomic mass is 32.2. The number of fused-ring (bicyclic) bond motifs is 1. The lowest BCUT2D eigenvalue weighted by Crippen LogP contribution is -2.15. The van der Waals surface area contributed by atoms with Crippen LogP contribution in [0, 0.1) is 11.3 Å². The van der Waals surface area contributed by atoms with Gasteiger partial charge in [-0.05, 0) is 37.3 Å². The minimum atomic E-state index is -0.213. The summed E-state index contributed by atoms with van der Waals surface area (Å²) in [5, 5.41) is 16.7. The molecule has 0 fully saturated rings. The molecular formula is C19H22N4O2S. The maximum absolute atomic E-state index is 12.2. The first kappa shape index (κ1) is 18.5. The molecule has 7 heteroatoms. The average Bonchev–Trinajstić information content (AvgIpc) is 3.08. The quantitative estimate of drug-likeness (QED) is 0.822. The number of rotatable bonds is 4. The third-order valence-corrected chi connectivity index (χ3v) is 5.26. The van der Waals surface area contributed by atoms with Crippen molar-refractivity contribution in [3.05, 3.63) is 34.6 Å². The number of aryl methyl sites for hydroxylation is 2. The van der Waals surface area contributed by atoms with Gasteiger partial charge in [-0.3, -0.25) is 10.1 Å². The van der Waals surface area contributed by atoms with Crippen LogP contribution in [-0.2, 0) is 23.1 Å².